The second-order valence-corrected chi connectivity index (χ2v) is 6.41. The second-order valence-electron chi connectivity index (χ2n) is 6.41. The summed E-state index contributed by atoms with van der Waals surface area (Å²) < 4.78 is 0. The van der Waals surface area contributed by atoms with Crippen LogP contribution in [0.1, 0.15) is 39.2 Å². The van der Waals surface area contributed by atoms with Crippen LogP contribution in [0.15, 0.2) is 36.5 Å². The quantitative estimate of drug-likeness (QED) is 0.901. The summed E-state index contributed by atoms with van der Waals surface area (Å²) in [6, 6.07) is 9.02. The van der Waals surface area contributed by atoms with Gasteiger partial charge in [0.1, 0.15) is 6.04 Å². The molecule has 122 valence electrons. The lowest BCUT2D eigenvalue weighted by molar-refractivity contribution is -0.123. The van der Waals surface area contributed by atoms with Crippen molar-refractivity contribution in [2.24, 2.45) is 0 Å². The van der Waals surface area contributed by atoms with E-state index in [1.807, 2.05) is 24.4 Å². The minimum absolute atomic E-state index is 0.154. The smallest absolute Gasteiger partial charge is 0.252 e. The van der Waals surface area contributed by atoms with E-state index in [1.54, 1.807) is 6.07 Å². The first-order valence-electron chi connectivity index (χ1n) is 8.34. The summed E-state index contributed by atoms with van der Waals surface area (Å²) >= 11 is 0. The highest BCUT2D eigenvalue weighted by Crippen LogP contribution is 2.20. The predicted octanol–water partition coefficient (Wildman–Crippen LogP) is 1.54. The number of fused-ring (bicyclic) bond motifs is 2. The maximum absolute atomic E-state index is 12.4. The van der Waals surface area contributed by atoms with Crippen LogP contribution in [0.4, 0.5) is 0 Å². The van der Waals surface area contributed by atoms with Gasteiger partial charge in [0.2, 0.25) is 5.91 Å². The Morgan fingerprint density at radius 3 is 3.04 bits per heavy atom. The molecule has 4 rings (SSSR count). The van der Waals surface area contributed by atoms with Gasteiger partial charge < -0.3 is 10.6 Å². The van der Waals surface area contributed by atoms with E-state index < -0.39 is 6.04 Å². The van der Waals surface area contributed by atoms with Crippen LogP contribution < -0.4 is 10.6 Å². The molecule has 0 saturated heterocycles. The van der Waals surface area contributed by atoms with Crippen LogP contribution in [-0.2, 0) is 30.6 Å². The third kappa shape index (κ3) is 2.77. The van der Waals surface area contributed by atoms with Crippen molar-refractivity contribution in [3.05, 3.63) is 64.5 Å². The van der Waals surface area contributed by atoms with Gasteiger partial charge in [0.25, 0.3) is 5.91 Å². The number of rotatable bonds is 3. The molecule has 0 unspecified atom stereocenters. The molecule has 2 heterocycles. The molecule has 0 bridgehead atoms. The van der Waals surface area contributed by atoms with Crippen molar-refractivity contribution in [1.82, 2.24) is 15.6 Å². The Balaban J connectivity index is 1.41. The third-order valence-electron chi connectivity index (χ3n) is 4.75. The average molecular weight is 321 g/mol. The molecule has 1 aliphatic heterocycles. The lowest BCUT2D eigenvalue weighted by Gasteiger charge is -2.24. The molecule has 24 heavy (non-hydrogen) atoms. The van der Waals surface area contributed by atoms with Crippen LogP contribution in [0.3, 0.4) is 0 Å². The number of benzene rings is 1. The predicted molar refractivity (Wildman–Crippen MR) is 89.5 cm³/mol. The van der Waals surface area contributed by atoms with Crippen LogP contribution in [0.5, 0.6) is 0 Å². The van der Waals surface area contributed by atoms with Gasteiger partial charge >= 0.3 is 0 Å². The van der Waals surface area contributed by atoms with E-state index in [4.69, 9.17) is 0 Å². The maximum Gasteiger partial charge on any atom is 0.252 e. The van der Waals surface area contributed by atoms with Crippen LogP contribution in [-0.4, -0.2) is 22.8 Å². The van der Waals surface area contributed by atoms with Gasteiger partial charge in [0, 0.05) is 30.4 Å². The number of nitrogens with zero attached hydrogens (tertiary/aromatic N) is 1. The summed E-state index contributed by atoms with van der Waals surface area (Å²) in [5.74, 6) is -0.338. The fourth-order valence-electron chi connectivity index (χ4n) is 3.47. The Morgan fingerprint density at radius 2 is 2.12 bits per heavy atom. The normalized spacial score (nSPS) is 18.5. The second kappa shape index (κ2) is 6.07. The van der Waals surface area contributed by atoms with Gasteiger partial charge in [-0.25, -0.2) is 0 Å². The molecule has 1 aromatic heterocycles. The van der Waals surface area contributed by atoms with Gasteiger partial charge in [0.15, 0.2) is 0 Å². The minimum Gasteiger partial charge on any atom is -0.350 e. The summed E-state index contributed by atoms with van der Waals surface area (Å²) in [4.78, 5) is 29.0. The van der Waals surface area contributed by atoms with Crippen molar-refractivity contribution in [3.8, 4) is 0 Å². The van der Waals surface area contributed by atoms with Gasteiger partial charge in [-0.15, -0.1) is 0 Å². The highest BCUT2D eigenvalue weighted by Gasteiger charge is 2.28. The summed E-state index contributed by atoms with van der Waals surface area (Å²) in [5.41, 5.74) is 5.05. The maximum atomic E-state index is 12.4. The number of carbonyl (C=O) groups excluding carboxylic acids is 2. The van der Waals surface area contributed by atoms with Crippen LogP contribution in [0.2, 0.25) is 0 Å². The minimum atomic E-state index is -0.519. The number of nitrogens with one attached hydrogen (secondary N) is 2. The molecule has 0 spiro atoms. The Labute approximate surface area is 140 Å². The molecule has 2 amide bonds. The highest BCUT2D eigenvalue weighted by molar-refractivity contribution is 6.00. The number of aryl methyl sites for hydroxylation is 2. The number of carbonyl (C=O) groups is 2. The van der Waals surface area contributed by atoms with Crippen LogP contribution in [0.25, 0.3) is 0 Å². The van der Waals surface area contributed by atoms with E-state index in [2.05, 4.69) is 21.7 Å². The molecule has 5 nitrogen and oxygen atoms in total. The molecular formula is C19H19N3O2. The lowest BCUT2D eigenvalue weighted by atomic mass is 9.95. The Morgan fingerprint density at radius 1 is 1.25 bits per heavy atom. The molecule has 2 N–H and O–H groups in total. The highest BCUT2D eigenvalue weighted by atomic mass is 16.2. The number of amides is 2. The Kier molecular flexibility index (Phi) is 3.76. The first-order valence-corrected chi connectivity index (χ1v) is 8.34. The molecule has 5 heteroatoms. The van der Waals surface area contributed by atoms with Crippen molar-refractivity contribution >= 4 is 11.8 Å². The zero-order valence-electron chi connectivity index (χ0n) is 13.3. The van der Waals surface area contributed by atoms with E-state index in [9.17, 15) is 9.59 Å². The van der Waals surface area contributed by atoms with Crippen molar-refractivity contribution in [2.75, 3.05) is 0 Å². The molecule has 1 atom stereocenters. The van der Waals surface area contributed by atoms with E-state index in [1.165, 1.54) is 11.3 Å². The molecule has 2 aliphatic rings. The first-order chi connectivity index (χ1) is 11.7. The Hall–Kier alpha value is -2.69. The largest absolute Gasteiger partial charge is 0.350 e. The zero-order chi connectivity index (χ0) is 16.5. The number of hydrogen-bond acceptors (Lipinski definition) is 3. The molecule has 1 aromatic carbocycles. The molecule has 0 fully saturated rings. The molecule has 1 aliphatic carbocycles. The Bertz CT molecular complexity index is 816. The van der Waals surface area contributed by atoms with Crippen molar-refractivity contribution in [3.63, 3.8) is 0 Å². The zero-order valence-corrected chi connectivity index (χ0v) is 13.3. The molecule has 0 radical (unpaired) electrons. The van der Waals surface area contributed by atoms with Gasteiger partial charge in [-0.1, -0.05) is 24.3 Å². The fraction of sp³-hybridized carbons (Fsp3) is 0.316. The van der Waals surface area contributed by atoms with Crippen LogP contribution in [0, 0.1) is 0 Å². The monoisotopic (exact) mass is 321 g/mol. The average Bonchev–Trinajstić information content (AvgIpc) is 3.07. The van der Waals surface area contributed by atoms with Gasteiger partial charge in [-0.2, -0.15) is 0 Å². The van der Waals surface area contributed by atoms with Crippen molar-refractivity contribution in [2.45, 2.75) is 38.3 Å². The third-order valence-corrected chi connectivity index (χ3v) is 4.75. The topological polar surface area (TPSA) is 71.1 Å². The molecule has 2 aromatic rings. The molecular weight excluding hydrogens is 302 g/mol. The van der Waals surface area contributed by atoms with Gasteiger partial charge in [-0.3, -0.25) is 14.6 Å². The van der Waals surface area contributed by atoms with E-state index in [0.29, 0.717) is 18.5 Å². The van der Waals surface area contributed by atoms with Crippen molar-refractivity contribution < 1.29 is 9.59 Å². The fourth-order valence-corrected chi connectivity index (χ4v) is 3.47. The summed E-state index contributed by atoms with van der Waals surface area (Å²) in [7, 11) is 0. The van der Waals surface area contributed by atoms with Gasteiger partial charge in [-0.05, 0) is 42.0 Å². The lowest BCUT2D eigenvalue weighted by Crippen LogP contribution is -2.50. The summed E-state index contributed by atoms with van der Waals surface area (Å²) in [6.07, 6.45) is 5.64. The number of aromatic nitrogens is 1. The summed E-state index contributed by atoms with van der Waals surface area (Å²) in [6.45, 7) is 0.438. The van der Waals surface area contributed by atoms with Crippen LogP contribution >= 0.6 is 0 Å². The summed E-state index contributed by atoms with van der Waals surface area (Å²) in [5, 5.41) is 5.70. The van der Waals surface area contributed by atoms with E-state index in [-0.39, 0.29) is 11.8 Å². The first kappa shape index (κ1) is 14.9. The molecule has 0 saturated carbocycles. The number of pyridine rings is 1. The van der Waals surface area contributed by atoms with Crippen molar-refractivity contribution in [1.29, 1.82) is 0 Å². The van der Waals surface area contributed by atoms with E-state index in [0.717, 1.165) is 30.4 Å². The standard InChI is InChI=1S/C19H19N3O2/c23-18-15-6-2-1-4-13(15)9-17(22-18)19(24)21-11-12-8-14-5-3-7-16(14)20-10-12/h1-2,4,6,8,10,17H,3,5,7,9,11H2,(H,21,24)(H,22,23)/t17-/m0/s1. The SMILES string of the molecule is O=C1N[C@H](C(=O)NCc2cnc3c(c2)CCC3)Cc2ccccc21. The number of hydrogen-bond donors (Lipinski definition) is 2. The van der Waals surface area contributed by atoms with E-state index >= 15 is 0 Å². The van der Waals surface area contributed by atoms with Gasteiger partial charge in [0.05, 0.1) is 0 Å².